The van der Waals surface area contributed by atoms with Gasteiger partial charge in [-0.2, -0.15) is 5.26 Å². The molecule has 0 bridgehead atoms. The Morgan fingerprint density at radius 1 is 1.52 bits per heavy atom. The van der Waals surface area contributed by atoms with E-state index in [-0.39, 0.29) is 6.61 Å². The number of nitriles is 1. The van der Waals surface area contributed by atoms with E-state index in [0.717, 1.165) is 19.0 Å². The smallest absolute Gasteiger partial charge is 0.120 e. The van der Waals surface area contributed by atoms with Gasteiger partial charge in [0.05, 0.1) is 11.6 Å². The Balaban J connectivity index is 1.76. The number of aliphatic hydroxyl groups excluding tert-OH is 1. The zero-order valence-corrected chi connectivity index (χ0v) is 12.7. The van der Waals surface area contributed by atoms with Crippen molar-refractivity contribution >= 4 is 0 Å². The molecule has 114 valence electrons. The molecule has 1 heterocycles. The van der Waals surface area contributed by atoms with Gasteiger partial charge in [0.15, 0.2) is 0 Å². The van der Waals surface area contributed by atoms with Gasteiger partial charge in [0, 0.05) is 13.1 Å². The van der Waals surface area contributed by atoms with Gasteiger partial charge in [-0.3, -0.25) is 0 Å². The molecule has 1 aromatic carbocycles. The summed E-state index contributed by atoms with van der Waals surface area (Å²) in [4.78, 5) is 2.33. The third-order valence-electron chi connectivity index (χ3n) is 4.05. The van der Waals surface area contributed by atoms with Crippen LogP contribution >= 0.6 is 0 Å². The molecule has 0 aliphatic carbocycles. The Bertz CT molecular complexity index is 484. The summed E-state index contributed by atoms with van der Waals surface area (Å²) in [6.45, 7) is 5.31. The van der Waals surface area contributed by atoms with Crippen molar-refractivity contribution in [1.82, 2.24) is 4.90 Å². The van der Waals surface area contributed by atoms with Crippen LogP contribution in [0.3, 0.4) is 0 Å². The number of piperidine rings is 1. The standard InChI is InChI=1S/C17H24N2O2/c1-2-14-6-4-8-19(11-14)12-16(20)13-21-17-7-3-5-15(9-17)10-18/h3,5,7,9,14,16,20H,2,4,6,8,11-13H2,1H3. The van der Waals surface area contributed by atoms with Gasteiger partial charge in [0.1, 0.15) is 18.5 Å². The molecule has 0 spiro atoms. The molecular weight excluding hydrogens is 264 g/mol. The van der Waals surface area contributed by atoms with Crippen molar-refractivity contribution in [2.45, 2.75) is 32.3 Å². The van der Waals surface area contributed by atoms with Gasteiger partial charge in [-0.05, 0) is 43.5 Å². The molecule has 2 unspecified atom stereocenters. The molecule has 21 heavy (non-hydrogen) atoms. The number of aliphatic hydroxyl groups is 1. The van der Waals surface area contributed by atoms with Crippen molar-refractivity contribution in [2.24, 2.45) is 5.92 Å². The minimum Gasteiger partial charge on any atom is -0.491 e. The Morgan fingerprint density at radius 2 is 2.38 bits per heavy atom. The predicted octanol–water partition coefficient (Wildman–Crippen LogP) is 2.42. The molecular formula is C17H24N2O2. The number of nitrogens with zero attached hydrogens (tertiary/aromatic N) is 2. The second-order valence-corrected chi connectivity index (χ2v) is 5.78. The summed E-state index contributed by atoms with van der Waals surface area (Å²) in [6.07, 6.45) is 3.24. The van der Waals surface area contributed by atoms with Gasteiger partial charge < -0.3 is 14.7 Å². The lowest BCUT2D eigenvalue weighted by Gasteiger charge is -2.33. The molecule has 1 aliphatic heterocycles. The van der Waals surface area contributed by atoms with Crippen LogP contribution in [0.15, 0.2) is 24.3 Å². The first-order valence-electron chi connectivity index (χ1n) is 7.74. The number of ether oxygens (including phenoxy) is 1. The van der Waals surface area contributed by atoms with Crippen LogP contribution in [0.2, 0.25) is 0 Å². The zero-order valence-electron chi connectivity index (χ0n) is 12.7. The fraction of sp³-hybridized carbons (Fsp3) is 0.588. The summed E-state index contributed by atoms with van der Waals surface area (Å²) < 4.78 is 5.58. The van der Waals surface area contributed by atoms with E-state index in [9.17, 15) is 5.11 Å². The van der Waals surface area contributed by atoms with E-state index in [1.54, 1.807) is 18.2 Å². The van der Waals surface area contributed by atoms with Crippen molar-refractivity contribution in [2.75, 3.05) is 26.2 Å². The number of likely N-dealkylation sites (tertiary alicyclic amines) is 1. The molecule has 1 saturated heterocycles. The Kier molecular flexibility index (Phi) is 6.04. The lowest BCUT2D eigenvalue weighted by atomic mass is 9.95. The van der Waals surface area contributed by atoms with Crippen molar-refractivity contribution in [3.63, 3.8) is 0 Å². The van der Waals surface area contributed by atoms with Crippen LogP contribution < -0.4 is 4.74 Å². The van der Waals surface area contributed by atoms with Crippen LogP contribution in [0.1, 0.15) is 31.7 Å². The Morgan fingerprint density at radius 3 is 3.14 bits per heavy atom. The van der Waals surface area contributed by atoms with E-state index in [0.29, 0.717) is 17.9 Å². The quantitative estimate of drug-likeness (QED) is 0.873. The first kappa shape index (κ1) is 15.8. The summed E-state index contributed by atoms with van der Waals surface area (Å²) in [5.41, 5.74) is 0.573. The number of hydrogen-bond donors (Lipinski definition) is 1. The topological polar surface area (TPSA) is 56.5 Å². The summed E-state index contributed by atoms with van der Waals surface area (Å²) in [6, 6.07) is 9.11. The maximum atomic E-state index is 10.1. The largest absolute Gasteiger partial charge is 0.491 e. The van der Waals surface area contributed by atoms with E-state index in [4.69, 9.17) is 10.00 Å². The van der Waals surface area contributed by atoms with E-state index in [2.05, 4.69) is 17.9 Å². The predicted molar refractivity (Wildman–Crippen MR) is 82.1 cm³/mol. The lowest BCUT2D eigenvalue weighted by Crippen LogP contribution is -2.41. The van der Waals surface area contributed by atoms with Crippen molar-refractivity contribution in [3.8, 4) is 11.8 Å². The maximum Gasteiger partial charge on any atom is 0.120 e. The first-order valence-corrected chi connectivity index (χ1v) is 7.74. The highest BCUT2D eigenvalue weighted by molar-refractivity contribution is 5.36. The molecule has 0 radical (unpaired) electrons. The van der Waals surface area contributed by atoms with Gasteiger partial charge in [-0.15, -0.1) is 0 Å². The van der Waals surface area contributed by atoms with E-state index >= 15 is 0 Å². The molecule has 1 aromatic rings. The second kappa shape index (κ2) is 8.02. The Hall–Kier alpha value is -1.57. The molecule has 1 fully saturated rings. The molecule has 4 nitrogen and oxygen atoms in total. The number of β-amino-alcohol motifs (C(OH)–C–C–N with tert-alkyl or cyclic N) is 1. The number of hydrogen-bond acceptors (Lipinski definition) is 4. The number of benzene rings is 1. The molecule has 4 heteroatoms. The highest BCUT2D eigenvalue weighted by Crippen LogP contribution is 2.19. The summed E-state index contributed by atoms with van der Waals surface area (Å²) in [5.74, 6) is 1.40. The van der Waals surface area contributed by atoms with Crippen LogP contribution in [0.25, 0.3) is 0 Å². The monoisotopic (exact) mass is 288 g/mol. The molecule has 2 rings (SSSR count). The molecule has 0 saturated carbocycles. The normalized spacial score (nSPS) is 20.7. The third kappa shape index (κ3) is 5.04. The van der Waals surface area contributed by atoms with E-state index in [1.165, 1.54) is 19.3 Å². The van der Waals surface area contributed by atoms with Crippen LogP contribution in [-0.2, 0) is 0 Å². The Labute approximate surface area is 127 Å². The fourth-order valence-corrected chi connectivity index (χ4v) is 2.85. The van der Waals surface area contributed by atoms with Crippen molar-refractivity contribution < 1.29 is 9.84 Å². The lowest BCUT2D eigenvalue weighted by molar-refractivity contribution is 0.0515. The van der Waals surface area contributed by atoms with Crippen LogP contribution in [0.5, 0.6) is 5.75 Å². The zero-order chi connectivity index (χ0) is 15.1. The van der Waals surface area contributed by atoms with Crippen molar-refractivity contribution in [1.29, 1.82) is 5.26 Å². The third-order valence-corrected chi connectivity index (χ3v) is 4.05. The maximum absolute atomic E-state index is 10.1. The van der Waals surface area contributed by atoms with E-state index in [1.807, 2.05) is 6.07 Å². The molecule has 0 amide bonds. The van der Waals surface area contributed by atoms with Crippen LogP contribution in [-0.4, -0.2) is 42.4 Å². The summed E-state index contributed by atoms with van der Waals surface area (Å²) in [7, 11) is 0. The molecule has 1 aliphatic rings. The average molecular weight is 288 g/mol. The average Bonchev–Trinajstić information content (AvgIpc) is 2.53. The molecule has 1 N–H and O–H groups in total. The summed E-state index contributed by atoms with van der Waals surface area (Å²) in [5, 5.41) is 19.0. The van der Waals surface area contributed by atoms with Gasteiger partial charge in [0.2, 0.25) is 0 Å². The summed E-state index contributed by atoms with van der Waals surface area (Å²) >= 11 is 0. The fourth-order valence-electron chi connectivity index (χ4n) is 2.85. The number of rotatable bonds is 6. The minimum atomic E-state index is -0.494. The second-order valence-electron chi connectivity index (χ2n) is 5.78. The highest BCUT2D eigenvalue weighted by Gasteiger charge is 2.20. The highest BCUT2D eigenvalue weighted by atomic mass is 16.5. The van der Waals surface area contributed by atoms with Gasteiger partial charge in [0.25, 0.3) is 0 Å². The first-order chi connectivity index (χ1) is 10.2. The van der Waals surface area contributed by atoms with E-state index < -0.39 is 6.10 Å². The molecule has 0 aromatic heterocycles. The minimum absolute atomic E-state index is 0.266. The molecule has 2 atom stereocenters. The van der Waals surface area contributed by atoms with Crippen LogP contribution in [0.4, 0.5) is 0 Å². The SMILES string of the molecule is CCC1CCCN(CC(O)COc2cccc(C#N)c2)C1. The van der Waals surface area contributed by atoms with Crippen molar-refractivity contribution in [3.05, 3.63) is 29.8 Å². The van der Waals surface area contributed by atoms with Crippen LogP contribution in [0, 0.1) is 17.2 Å². The van der Waals surface area contributed by atoms with Gasteiger partial charge in [-0.25, -0.2) is 0 Å². The van der Waals surface area contributed by atoms with Gasteiger partial charge >= 0.3 is 0 Å². The van der Waals surface area contributed by atoms with Gasteiger partial charge in [-0.1, -0.05) is 19.4 Å².